The molecule has 0 saturated heterocycles. The van der Waals surface area contributed by atoms with E-state index in [0.29, 0.717) is 40.6 Å². The normalized spacial score (nSPS) is 12.7. The molecule has 7 nitrogen and oxygen atoms in total. The lowest BCUT2D eigenvalue weighted by molar-refractivity contribution is 0.310. The highest BCUT2D eigenvalue weighted by atomic mass is 32.2. The van der Waals surface area contributed by atoms with Crippen LogP contribution in [0.2, 0.25) is 0 Å². The second-order valence-corrected chi connectivity index (χ2v) is 11.4. The molecule has 0 aliphatic rings. The number of hydrogen-bond acceptors (Lipinski definition) is 5. The number of benzene rings is 3. The number of aromatic amines is 1. The summed E-state index contributed by atoms with van der Waals surface area (Å²) in [4.78, 5) is 16.2. The Kier molecular flexibility index (Phi) is 7.26. The molecule has 0 aliphatic heterocycles. The fourth-order valence-electron chi connectivity index (χ4n) is 4.65. The van der Waals surface area contributed by atoms with Crippen LogP contribution in [0.3, 0.4) is 0 Å². The third-order valence-electron chi connectivity index (χ3n) is 6.25. The standard InChI is InChI=1S/C28H32N2O5S/c1-6-35-27-16-20(12-14-26(27)34-4)25(17-36(5,32)33)30-24-13-11-19(15-23(24)29-28(30)31)22-10-8-7-9-21(22)18(2)3/h7-16,18,25H,6,17H2,1-5H3,(H,29,31). The Balaban J connectivity index is 1.89. The SMILES string of the molecule is CCOc1cc(C(CS(C)(=O)=O)n2c(=O)[nH]c3cc(-c4ccccc4C(C)C)ccc32)ccc1OC. The fourth-order valence-corrected chi connectivity index (χ4v) is 5.56. The molecule has 0 aliphatic carbocycles. The van der Waals surface area contributed by atoms with Crippen molar-refractivity contribution in [1.29, 1.82) is 0 Å². The van der Waals surface area contributed by atoms with Crippen LogP contribution in [0.15, 0.2) is 65.5 Å². The Bertz CT molecular complexity index is 1550. The van der Waals surface area contributed by atoms with Crippen LogP contribution in [0.1, 0.15) is 43.9 Å². The zero-order valence-corrected chi connectivity index (χ0v) is 22.1. The molecule has 8 heteroatoms. The van der Waals surface area contributed by atoms with Gasteiger partial charge in [-0.05, 0) is 59.4 Å². The summed E-state index contributed by atoms with van der Waals surface area (Å²) >= 11 is 0. The van der Waals surface area contributed by atoms with Gasteiger partial charge in [-0.1, -0.05) is 50.2 Å². The van der Waals surface area contributed by atoms with E-state index in [9.17, 15) is 13.2 Å². The topological polar surface area (TPSA) is 90.4 Å². The minimum absolute atomic E-state index is 0.240. The molecular weight excluding hydrogens is 476 g/mol. The van der Waals surface area contributed by atoms with Crippen molar-refractivity contribution >= 4 is 20.9 Å². The number of imidazole rings is 1. The molecule has 3 aromatic carbocycles. The maximum atomic E-state index is 13.3. The van der Waals surface area contributed by atoms with E-state index in [1.807, 2.05) is 37.3 Å². The highest BCUT2D eigenvalue weighted by molar-refractivity contribution is 7.90. The van der Waals surface area contributed by atoms with Crippen molar-refractivity contribution in [3.63, 3.8) is 0 Å². The molecule has 0 radical (unpaired) electrons. The van der Waals surface area contributed by atoms with Crippen molar-refractivity contribution in [3.05, 3.63) is 82.3 Å². The molecule has 0 saturated carbocycles. The molecule has 0 bridgehead atoms. The Labute approximate surface area is 211 Å². The van der Waals surface area contributed by atoms with Crippen LogP contribution >= 0.6 is 0 Å². The number of ether oxygens (including phenoxy) is 2. The summed E-state index contributed by atoms with van der Waals surface area (Å²) in [7, 11) is -1.89. The van der Waals surface area contributed by atoms with Crippen molar-refractivity contribution in [1.82, 2.24) is 9.55 Å². The average Bonchev–Trinajstić information content (AvgIpc) is 3.16. The van der Waals surface area contributed by atoms with Crippen LogP contribution in [0.5, 0.6) is 11.5 Å². The van der Waals surface area contributed by atoms with Crippen LogP contribution in [-0.2, 0) is 9.84 Å². The minimum Gasteiger partial charge on any atom is -0.493 e. The summed E-state index contributed by atoms with van der Waals surface area (Å²) in [5.74, 6) is 1.14. The van der Waals surface area contributed by atoms with Gasteiger partial charge in [0.1, 0.15) is 9.84 Å². The predicted molar refractivity (Wildman–Crippen MR) is 144 cm³/mol. The van der Waals surface area contributed by atoms with E-state index < -0.39 is 15.9 Å². The molecule has 0 spiro atoms. The molecule has 0 amide bonds. The number of methoxy groups -OCH3 is 1. The molecule has 0 fully saturated rings. The van der Waals surface area contributed by atoms with E-state index in [1.54, 1.807) is 25.3 Å². The largest absolute Gasteiger partial charge is 0.493 e. The van der Waals surface area contributed by atoms with Crippen LogP contribution < -0.4 is 15.2 Å². The quantitative estimate of drug-likeness (QED) is 0.337. The van der Waals surface area contributed by atoms with Gasteiger partial charge in [0.2, 0.25) is 0 Å². The van der Waals surface area contributed by atoms with Crippen molar-refractivity contribution < 1.29 is 17.9 Å². The van der Waals surface area contributed by atoms with E-state index in [4.69, 9.17) is 9.47 Å². The third-order valence-corrected chi connectivity index (χ3v) is 7.18. The van der Waals surface area contributed by atoms with E-state index in [0.717, 1.165) is 11.1 Å². The summed E-state index contributed by atoms with van der Waals surface area (Å²) in [6.07, 6.45) is 1.17. The number of nitrogens with one attached hydrogen (secondary N) is 1. The van der Waals surface area contributed by atoms with E-state index in [-0.39, 0.29) is 11.4 Å². The van der Waals surface area contributed by atoms with Crippen LogP contribution in [0.4, 0.5) is 0 Å². The Morgan fingerprint density at radius 1 is 1.00 bits per heavy atom. The molecule has 1 unspecified atom stereocenters. The molecule has 4 rings (SSSR count). The van der Waals surface area contributed by atoms with Crippen molar-refractivity contribution in [2.24, 2.45) is 0 Å². The van der Waals surface area contributed by atoms with Gasteiger partial charge in [-0.15, -0.1) is 0 Å². The van der Waals surface area contributed by atoms with Crippen LogP contribution in [-0.4, -0.2) is 43.7 Å². The van der Waals surface area contributed by atoms with Crippen molar-refractivity contribution in [2.45, 2.75) is 32.7 Å². The Hall–Kier alpha value is -3.52. The maximum Gasteiger partial charge on any atom is 0.327 e. The first kappa shape index (κ1) is 25.6. The lowest BCUT2D eigenvalue weighted by atomic mass is 9.92. The number of aromatic nitrogens is 2. The number of sulfone groups is 1. The lowest BCUT2D eigenvalue weighted by Gasteiger charge is -2.20. The van der Waals surface area contributed by atoms with E-state index in [2.05, 4.69) is 31.0 Å². The van der Waals surface area contributed by atoms with Gasteiger partial charge in [0, 0.05) is 6.26 Å². The zero-order chi connectivity index (χ0) is 26.0. The summed E-state index contributed by atoms with van der Waals surface area (Å²) in [6, 6.07) is 18.5. The minimum atomic E-state index is -3.44. The van der Waals surface area contributed by atoms with Crippen molar-refractivity contribution in [2.75, 3.05) is 25.7 Å². The number of fused-ring (bicyclic) bond motifs is 1. The molecular formula is C28H32N2O5S. The lowest BCUT2D eigenvalue weighted by Crippen LogP contribution is -2.28. The van der Waals surface area contributed by atoms with Gasteiger partial charge in [-0.3, -0.25) is 4.57 Å². The van der Waals surface area contributed by atoms with Crippen LogP contribution in [0.25, 0.3) is 22.2 Å². The monoisotopic (exact) mass is 508 g/mol. The van der Waals surface area contributed by atoms with Gasteiger partial charge < -0.3 is 14.5 Å². The summed E-state index contributed by atoms with van der Waals surface area (Å²) in [5.41, 5.74) is 4.86. The smallest absolute Gasteiger partial charge is 0.327 e. The molecule has 36 heavy (non-hydrogen) atoms. The average molecular weight is 509 g/mol. The first-order chi connectivity index (χ1) is 17.1. The number of hydrogen-bond donors (Lipinski definition) is 1. The van der Waals surface area contributed by atoms with Gasteiger partial charge in [0.15, 0.2) is 11.5 Å². The first-order valence-corrected chi connectivity index (χ1v) is 14.0. The second-order valence-electron chi connectivity index (χ2n) is 9.23. The Morgan fingerprint density at radius 3 is 2.42 bits per heavy atom. The zero-order valence-electron chi connectivity index (χ0n) is 21.2. The van der Waals surface area contributed by atoms with Gasteiger partial charge in [-0.25, -0.2) is 13.2 Å². The van der Waals surface area contributed by atoms with Crippen molar-refractivity contribution in [3.8, 4) is 22.6 Å². The first-order valence-electron chi connectivity index (χ1n) is 11.9. The van der Waals surface area contributed by atoms with E-state index >= 15 is 0 Å². The molecule has 190 valence electrons. The molecule has 4 aromatic rings. The number of rotatable bonds is 9. The third kappa shape index (κ3) is 5.18. The van der Waals surface area contributed by atoms with Gasteiger partial charge in [-0.2, -0.15) is 0 Å². The highest BCUT2D eigenvalue weighted by Gasteiger charge is 2.25. The maximum absolute atomic E-state index is 13.3. The Morgan fingerprint density at radius 2 is 1.75 bits per heavy atom. The van der Waals surface area contributed by atoms with Gasteiger partial charge in [0.05, 0.1) is 36.5 Å². The van der Waals surface area contributed by atoms with E-state index in [1.165, 1.54) is 16.4 Å². The fraction of sp³-hybridized carbons (Fsp3) is 0.321. The molecule has 1 aromatic heterocycles. The summed E-state index contributed by atoms with van der Waals surface area (Å²) in [6.45, 7) is 6.58. The van der Waals surface area contributed by atoms with Gasteiger partial charge >= 0.3 is 5.69 Å². The molecule has 1 N–H and O–H groups in total. The number of nitrogens with zero attached hydrogens (tertiary/aromatic N) is 1. The van der Waals surface area contributed by atoms with Crippen LogP contribution in [0, 0.1) is 0 Å². The molecule has 1 heterocycles. The predicted octanol–water partition coefficient (Wildman–Crippen LogP) is 5.16. The summed E-state index contributed by atoms with van der Waals surface area (Å²) < 4.78 is 37.5. The summed E-state index contributed by atoms with van der Waals surface area (Å²) in [5, 5.41) is 0. The van der Waals surface area contributed by atoms with Gasteiger partial charge in [0.25, 0.3) is 0 Å². The highest BCUT2D eigenvalue weighted by Crippen LogP contribution is 2.34. The molecule has 1 atom stereocenters. The number of H-pyrrole nitrogens is 1. The second kappa shape index (κ2) is 10.2.